The predicted octanol–water partition coefficient (Wildman–Crippen LogP) is 4.00. The summed E-state index contributed by atoms with van der Waals surface area (Å²) in [6.45, 7) is 2.01. The molecule has 104 valence electrons. The maximum atomic E-state index is 13.8. The molecule has 0 aromatic heterocycles. The third kappa shape index (κ3) is 3.46. The van der Waals surface area contributed by atoms with Crippen LogP contribution in [-0.2, 0) is 6.61 Å². The van der Waals surface area contributed by atoms with Crippen LogP contribution in [0.5, 0.6) is 5.75 Å². The zero-order valence-corrected chi connectivity index (χ0v) is 12.4. The number of ether oxygens (including phenoxy) is 1. The maximum Gasteiger partial charge on any atom is 0.130 e. The van der Waals surface area contributed by atoms with Crippen molar-refractivity contribution in [1.82, 2.24) is 0 Å². The number of halogens is 2. The van der Waals surface area contributed by atoms with Gasteiger partial charge in [0.2, 0.25) is 0 Å². The summed E-state index contributed by atoms with van der Waals surface area (Å²) >= 11 is 10.7. The fraction of sp³-hybridized carbons (Fsp3) is 0.133. The molecule has 2 N–H and O–H groups in total. The summed E-state index contributed by atoms with van der Waals surface area (Å²) < 4.78 is 19.4. The summed E-state index contributed by atoms with van der Waals surface area (Å²) in [4.78, 5) is 0.171. The van der Waals surface area contributed by atoms with Crippen LogP contribution in [0.1, 0.15) is 16.7 Å². The van der Waals surface area contributed by atoms with E-state index in [1.54, 1.807) is 24.3 Å². The molecule has 2 nitrogen and oxygen atoms in total. The van der Waals surface area contributed by atoms with Crippen molar-refractivity contribution in [3.05, 3.63) is 63.9 Å². The van der Waals surface area contributed by atoms with Crippen molar-refractivity contribution in [2.75, 3.05) is 0 Å². The molecule has 0 amide bonds. The Labute approximate surface area is 127 Å². The molecule has 0 radical (unpaired) electrons. The number of nitrogens with two attached hydrogens (primary N) is 1. The normalized spacial score (nSPS) is 10.3. The first-order valence-corrected chi connectivity index (χ1v) is 6.73. The molecular formula is C15H13ClFNOS. The van der Waals surface area contributed by atoms with Crippen LogP contribution in [-0.4, -0.2) is 4.99 Å². The van der Waals surface area contributed by atoms with Crippen LogP contribution >= 0.6 is 23.8 Å². The number of thiocarbonyl (C=S) groups is 1. The van der Waals surface area contributed by atoms with Crippen molar-refractivity contribution in [2.45, 2.75) is 13.5 Å². The molecule has 0 aliphatic carbocycles. The van der Waals surface area contributed by atoms with Gasteiger partial charge in [0.1, 0.15) is 23.2 Å². The highest BCUT2D eigenvalue weighted by Crippen LogP contribution is 2.22. The molecule has 20 heavy (non-hydrogen) atoms. The van der Waals surface area contributed by atoms with Gasteiger partial charge in [-0.25, -0.2) is 4.39 Å². The molecule has 0 unspecified atom stereocenters. The van der Waals surface area contributed by atoms with Gasteiger partial charge in [0, 0.05) is 16.1 Å². The Morgan fingerprint density at radius 3 is 2.65 bits per heavy atom. The molecule has 2 aromatic carbocycles. The highest BCUT2D eigenvalue weighted by atomic mass is 35.5. The van der Waals surface area contributed by atoms with Gasteiger partial charge in [-0.05, 0) is 36.8 Å². The van der Waals surface area contributed by atoms with Gasteiger partial charge in [-0.15, -0.1) is 0 Å². The van der Waals surface area contributed by atoms with E-state index in [1.165, 1.54) is 6.07 Å². The van der Waals surface area contributed by atoms with Crippen LogP contribution in [0, 0.1) is 12.7 Å². The van der Waals surface area contributed by atoms with Crippen molar-refractivity contribution >= 4 is 28.8 Å². The quantitative estimate of drug-likeness (QED) is 0.867. The molecule has 0 fully saturated rings. The van der Waals surface area contributed by atoms with Gasteiger partial charge in [-0.2, -0.15) is 0 Å². The Balaban J connectivity index is 2.10. The van der Waals surface area contributed by atoms with E-state index in [0.29, 0.717) is 21.9 Å². The summed E-state index contributed by atoms with van der Waals surface area (Å²) in [5.41, 5.74) is 7.31. The topological polar surface area (TPSA) is 35.2 Å². The van der Waals surface area contributed by atoms with Crippen LogP contribution in [0.15, 0.2) is 36.4 Å². The van der Waals surface area contributed by atoms with Crippen molar-refractivity contribution in [3.63, 3.8) is 0 Å². The van der Waals surface area contributed by atoms with E-state index in [0.717, 1.165) is 5.56 Å². The van der Waals surface area contributed by atoms with E-state index in [9.17, 15) is 4.39 Å². The van der Waals surface area contributed by atoms with E-state index >= 15 is 0 Å². The first-order chi connectivity index (χ1) is 9.47. The van der Waals surface area contributed by atoms with Gasteiger partial charge in [0.05, 0.1) is 0 Å². The lowest BCUT2D eigenvalue weighted by molar-refractivity contribution is 0.299. The Morgan fingerprint density at radius 1 is 1.30 bits per heavy atom. The molecule has 0 bridgehead atoms. The summed E-state index contributed by atoms with van der Waals surface area (Å²) in [6, 6.07) is 9.91. The largest absolute Gasteiger partial charge is 0.489 e. The lowest BCUT2D eigenvalue weighted by atomic mass is 10.1. The van der Waals surface area contributed by atoms with E-state index in [-0.39, 0.29) is 17.4 Å². The van der Waals surface area contributed by atoms with E-state index < -0.39 is 0 Å². The van der Waals surface area contributed by atoms with E-state index in [2.05, 4.69) is 0 Å². The molecule has 0 aliphatic rings. The van der Waals surface area contributed by atoms with Gasteiger partial charge in [-0.1, -0.05) is 36.0 Å². The van der Waals surface area contributed by atoms with Gasteiger partial charge >= 0.3 is 0 Å². The Bertz CT molecular complexity index is 660. The van der Waals surface area contributed by atoms with Crippen LogP contribution < -0.4 is 10.5 Å². The van der Waals surface area contributed by atoms with Crippen molar-refractivity contribution in [3.8, 4) is 5.75 Å². The Hall–Kier alpha value is -1.65. The minimum atomic E-state index is -0.388. The fourth-order valence-corrected chi connectivity index (χ4v) is 1.93. The average Bonchev–Trinajstić information content (AvgIpc) is 2.41. The van der Waals surface area contributed by atoms with Crippen LogP contribution in [0.2, 0.25) is 5.02 Å². The molecule has 5 heteroatoms. The number of aryl methyl sites for hydroxylation is 1. The first kappa shape index (κ1) is 14.8. The molecule has 0 saturated heterocycles. The minimum Gasteiger partial charge on any atom is -0.489 e. The van der Waals surface area contributed by atoms with Crippen LogP contribution in [0.4, 0.5) is 4.39 Å². The maximum absolute atomic E-state index is 13.8. The lowest BCUT2D eigenvalue weighted by Crippen LogP contribution is -2.10. The standard InChI is InChI=1S/C15H13ClFNOS/c1-9-6-12(4-5-13(9)16)19-8-11-3-2-10(15(18)20)7-14(11)17/h2-7H,8H2,1H3,(H2,18,20). The monoisotopic (exact) mass is 309 g/mol. The SMILES string of the molecule is Cc1cc(OCc2ccc(C(N)=S)cc2F)ccc1Cl. The third-order valence-corrected chi connectivity index (χ3v) is 3.52. The zero-order valence-electron chi connectivity index (χ0n) is 10.8. The molecule has 0 heterocycles. The fourth-order valence-electron chi connectivity index (χ4n) is 1.69. The Kier molecular flexibility index (Phi) is 4.57. The second-order valence-electron chi connectivity index (χ2n) is 4.37. The molecule has 0 spiro atoms. The van der Waals surface area contributed by atoms with Gasteiger partial charge in [-0.3, -0.25) is 0 Å². The number of hydrogen-bond acceptors (Lipinski definition) is 2. The van der Waals surface area contributed by atoms with Crippen LogP contribution in [0.25, 0.3) is 0 Å². The first-order valence-electron chi connectivity index (χ1n) is 5.94. The van der Waals surface area contributed by atoms with Gasteiger partial charge in [0.15, 0.2) is 0 Å². The van der Waals surface area contributed by atoms with Crippen molar-refractivity contribution in [2.24, 2.45) is 5.73 Å². The molecule has 0 saturated carbocycles. The van der Waals surface area contributed by atoms with E-state index in [1.807, 2.05) is 13.0 Å². The number of benzene rings is 2. The molecule has 2 aromatic rings. The molecule has 0 atom stereocenters. The average molecular weight is 310 g/mol. The molecule has 2 rings (SSSR count). The van der Waals surface area contributed by atoms with Gasteiger partial charge < -0.3 is 10.5 Å². The Morgan fingerprint density at radius 2 is 2.05 bits per heavy atom. The number of rotatable bonds is 4. The molecule has 0 aliphatic heterocycles. The zero-order chi connectivity index (χ0) is 14.7. The second kappa shape index (κ2) is 6.20. The summed E-state index contributed by atoms with van der Waals surface area (Å²) in [7, 11) is 0. The summed E-state index contributed by atoms with van der Waals surface area (Å²) in [5, 5.41) is 0.671. The molecular weight excluding hydrogens is 297 g/mol. The number of hydrogen-bond donors (Lipinski definition) is 1. The van der Waals surface area contributed by atoms with Crippen molar-refractivity contribution < 1.29 is 9.13 Å². The lowest BCUT2D eigenvalue weighted by Gasteiger charge is -2.09. The van der Waals surface area contributed by atoms with Crippen molar-refractivity contribution in [1.29, 1.82) is 0 Å². The minimum absolute atomic E-state index is 0.129. The van der Waals surface area contributed by atoms with E-state index in [4.69, 9.17) is 34.3 Å². The third-order valence-electron chi connectivity index (χ3n) is 2.86. The predicted molar refractivity (Wildman–Crippen MR) is 82.8 cm³/mol. The summed E-state index contributed by atoms with van der Waals surface area (Å²) in [5.74, 6) is 0.255. The highest BCUT2D eigenvalue weighted by Gasteiger charge is 2.06. The van der Waals surface area contributed by atoms with Crippen LogP contribution in [0.3, 0.4) is 0 Å². The smallest absolute Gasteiger partial charge is 0.130 e. The second-order valence-corrected chi connectivity index (χ2v) is 5.22. The highest BCUT2D eigenvalue weighted by molar-refractivity contribution is 7.80. The van der Waals surface area contributed by atoms with Gasteiger partial charge in [0.25, 0.3) is 0 Å². The summed E-state index contributed by atoms with van der Waals surface area (Å²) in [6.07, 6.45) is 0.